The minimum atomic E-state index is -0.940. The van der Waals surface area contributed by atoms with Crippen molar-refractivity contribution in [1.82, 2.24) is 9.13 Å². The first-order valence-corrected chi connectivity index (χ1v) is 42.1. The predicted octanol–water partition coefficient (Wildman–Crippen LogP) is 28.9. The molecule has 120 heavy (non-hydrogen) atoms. The van der Waals surface area contributed by atoms with Gasteiger partial charge in [-0.1, -0.05) is 178 Å². The Hall–Kier alpha value is -13.5. The van der Waals surface area contributed by atoms with E-state index in [0.29, 0.717) is 45.0 Å². The van der Waals surface area contributed by atoms with Crippen LogP contribution in [0.15, 0.2) is 363 Å². The van der Waals surface area contributed by atoms with E-state index in [4.69, 9.17) is 8.22 Å². The molecule has 4 nitrogen and oxygen atoms in total. The van der Waals surface area contributed by atoms with E-state index in [9.17, 15) is 24.7 Å². The fourth-order valence-electron chi connectivity index (χ4n) is 18.3. The Morgan fingerprint density at radius 3 is 1.06 bits per heavy atom. The van der Waals surface area contributed by atoms with Gasteiger partial charge in [0, 0.05) is 32.9 Å². The summed E-state index contributed by atoms with van der Waals surface area (Å²) >= 11 is -0.0578. The fourth-order valence-corrected chi connectivity index (χ4v) is 20.5. The van der Waals surface area contributed by atoms with E-state index in [1.165, 1.54) is 17.7 Å². The van der Waals surface area contributed by atoms with E-state index >= 15 is 0 Å². The van der Waals surface area contributed by atoms with Crippen molar-refractivity contribution in [2.45, 2.75) is 78.6 Å². The summed E-state index contributed by atoms with van der Waals surface area (Å²) in [5, 5.41) is 1.23. The topological polar surface area (TPSA) is 16.3 Å². The average molecular weight is 1630 g/mol. The second kappa shape index (κ2) is 27.0. The van der Waals surface area contributed by atoms with Gasteiger partial charge in [-0.15, -0.1) is 0 Å². The maximum absolute atomic E-state index is 10.5. The monoisotopic (exact) mass is 1630 g/mol. The molecule has 0 N–H and O–H groups in total. The SMILES string of the molecule is [2H]c1c([2H])c([2H])c(-c2c([2H])c([2H])c3c(c2[2H])c2c([2H])c([2H])c([2H])c([2H])c2n3-c2ccc3c(c2)N2c4cc(C(C)(C)C)cc5c4B3c3ccc(-n4c6c([2H])c([2H])c([2H])c([2H])c6c6c([2H])c(-c7c([2H])c([2H])c([2H])c([2H])c7[2H])c([2H])c([2H])c64)cc3N5c3c(-c4ccccc4)cc(C(C)(C)C)cc3-c3cccc(c3)-c3ccc4[se]c5ccc(cc5c4c3)-c3cccc(c3)-c3cc(C(C)(C)C)cc(-c4ccccc4)c32)c([2H])c1[2H]. The molecular formula is C114H87BN4Se. The summed E-state index contributed by atoms with van der Waals surface area (Å²) in [4.78, 5) is 4.61. The van der Waals surface area contributed by atoms with Crippen LogP contribution < -0.4 is 26.2 Å². The first kappa shape index (κ1) is 51.0. The molecule has 23 rings (SSSR count). The maximum atomic E-state index is 10.5. The van der Waals surface area contributed by atoms with Crippen LogP contribution in [0.5, 0.6) is 0 Å². The van der Waals surface area contributed by atoms with Gasteiger partial charge in [0.05, 0.1) is 55.0 Å². The van der Waals surface area contributed by atoms with Gasteiger partial charge in [0.2, 0.25) is 0 Å². The summed E-state index contributed by atoms with van der Waals surface area (Å²) in [7, 11) is 0. The van der Waals surface area contributed by atoms with Crippen molar-refractivity contribution in [3.63, 3.8) is 0 Å². The van der Waals surface area contributed by atoms with Crippen molar-refractivity contribution in [3.05, 3.63) is 380 Å². The van der Waals surface area contributed by atoms with E-state index in [0.717, 1.165) is 99.7 Å². The van der Waals surface area contributed by atoms with E-state index in [1.807, 2.05) is 60.7 Å². The van der Waals surface area contributed by atoms with Crippen LogP contribution in [0.3, 0.4) is 0 Å². The first-order valence-electron chi connectivity index (χ1n) is 52.3. The molecule has 0 spiro atoms. The molecule has 6 heteroatoms. The van der Waals surface area contributed by atoms with E-state index in [-0.39, 0.29) is 69.5 Å². The summed E-state index contributed by atoms with van der Waals surface area (Å²) in [5.74, 6) is 0. The number of aromatic nitrogens is 2. The van der Waals surface area contributed by atoms with Gasteiger partial charge in [0.1, 0.15) is 0 Å². The molecule has 0 amide bonds. The second-order valence-corrected chi connectivity index (χ2v) is 36.9. The van der Waals surface area contributed by atoms with Gasteiger partial charge in [0.15, 0.2) is 0 Å². The zero-order valence-corrected chi connectivity index (χ0v) is 68.8. The Balaban J connectivity index is 0.942. The Morgan fingerprint density at radius 1 is 0.267 bits per heavy atom. The van der Waals surface area contributed by atoms with Gasteiger partial charge in [0.25, 0.3) is 6.71 Å². The minimum absolute atomic E-state index is 0.0578. The molecule has 0 unspecified atom stereocenters. The summed E-state index contributed by atoms with van der Waals surface area (Å²) in [6.45, 7) is 18.6. The van der Waals surface area contributed by atoms with Crippen molar-refractivity contribution in [2.24, 2.45) is 0 Å². The van der Waals surface area contributed by atoms with Gasteiger partial charge in [-0.05, 0) is 81.6 Å². The Kier molecular flexibility index (Phi) is 11.5. The Labute approximate surface area is 741 Å². The molecular weight excluding hydrogens is 1520 g/mol. The largest absolute Gasteiger partial charge is 0.0629 e. The minimum Gasteiger partial charge on any atom is -0.0617 e. The molecule has 20 aromatic rings. The molecule has 0 aliphatic carbocycles. The number of anilines is 6. The van der Waals surface area contributed by atoms with Crippen molar-refractivity contribution in [3.8, 4) is 100 Å². The predicted molar refractivity (Wildman–Crippen MR) is 514 cm³/mol. The van der Waals surface area contributed by atoms with Crippen LogP contribution in [-0.4, -0.2) is 30.4 Å². The third-order valence-electron chi connectivity index (χ3n) is 24.3. The number of benzene rings is 17. The third-order valence-corrected chi connectivity index (χ3v) is 26.7. The molecule has 572 valence electrons. The quantitative estimate of drug-likeness (QED) is 0.154. The van der Waals surface area contributed by atoms with Crippen molar-refractivity contribution < 1.29 is 32.9 Å². The third kappa shape index (κ3) is 11.5. The van der Waals surface area contributed by atoms with Gasteiger partial charge in [-0.2, -0.15) is 0 Å². The van der Waals surface area contributed by atoms with E-state index in [2.05, 4.69) is 218 Å². The zero-order valence-electron chi connectivity index (χ0n) is 91.1. The molecule has 6 heterocycles. The molecule has 0 atom stereocenters. The number of hydrogen-bond donors (Lipinski definition) is 0. The molecule has 0 radical (unpaired) electrons. The Morgan fingerprint density at radius 2 is 0.633 bits per heavy atom. The van der Waals surface area contributed by atoms with Crippen molar-refractivity contribution >= 4 is 135 Å². The van der Waals surface area contributed by atoms with Crippen LogP contribution in [0.25, 0.3) is 163 Å². The summed E-state index contributed by atoms with van der Waals surface area (Å²) in [6.07, 6.45) is 0. The Bertz CT molecular complexity index is 8660. The summed E-state index contributed by atoms with van der Waals surface area (Å²) in [5.41, 5.74) is 14.1. The van der Waals surface area contributed by atoms with Crippen LogP contribution in [0.1, 0.15) is 112 Å². The van der Waals surface area contributed by atoms with Gasteiger partial charge >= 0.3 is 382 Å². The van der Waals surface area contributed by atoms with Crippen molar-refractivity contribution in [1.29, 1.82) is 0 Å². The molecule has 0 fully saturated rings. The number of para-hydroxylation sites is 2. The molecule has 13 bridgehead atoms. The van der Waals surface area contributed by atoms with Crippen LogP contribution >= 0.6 is 0 Å². The molecule has 17 aromatic carbocycles. The standard InChI is InChI=1S/C114H87BN4Se/c1-112(2,3)82-62-89(72-32-18-12-19-33-72)110-91(64-82)80-38-26-36-74(56-80)78-46-54-107-95(60-78)96-61-79(47-55-108(96)120-107)75-37-27-39-81(57-75)92-65-83(113(4,5)6)63-90(73-34-20-13-21-35-73)111(92)119-104-69-86(117-100-43-25-23-41-88(100)94-59-77(45-53-102(94)117)71-30-16-11-17-31-71)49-51-98(104)115-97-50-48-85(68-103(97)118(110)105-66-84(114(7,8)9)67-106(119)109(105)115)116-99-42-24-22-40-87(99)93-58-76(44-52-101(93)116)70-28-14-10-15-29-70/h10-69H,1-9H3/i10D,11D,14D,15D,16D,17D,22D,23D,24D,25D,28D,29D,30D,31D,40D,41D,42D,43D,44D,45D,52D,53D,58D,59D. The van der Waals surface area contributed by atoms with Gasteiger partial charge < -0.3 is 9.13 Å². The molecule has 3 aliphatic rings. The van der Waals surface area contributed by atoms with Crippen molar-refractivity contribution in [2.75, 3.05) is 9.80 Å². The van der Waals surface area contributed by atoms with Crippen LogP contribution in [0, 0.1) is 0 Å². The molecule has 0 saturated carbocycles. The van der Waals surface area contributed by atoms with Gasteiger partial charge in [-0.25, -0.2) is 0 Å². The van der Waals surface area contributed by atoms with Crippen LogP contribution in [0.2, 0.25) is 0 Å². The average Bonchev–Trinajstić information content (AvgIpc) is 1.20. The molecule has 3 aromatic heterocycles. The van der Waals surface area contributed by atoms with Crippen LogP contribution in [0.4, 0.5) is 34.1 Å². The number of fused-ring (bicyclic) bond motifs is 26. The second-order valence-electron chi connectivity index (χ2n) is 34.6. The maximum Gasteiger partial charge on any atom is 0.0629 e. The van der Waals surface area contributed by atoms with E-state index in [1.54, 1.807) is 12.1 Å². The van der Waals surface area contributed by atoms with E-state index < -0.39 is 190 Å². The fraction of sp³-hybridized carbons (Fsp3) is 0.105. The first-order chi connectivity index (χ1) is 68.4. The van der Waals surface area contributed by atoms with Gasteiger partial charge in [-0.3, -0.25) is 0 Å². The number of hydrogen-bond acceptors (Lipinski definition) is 2. The normalized spacial score (nSPS) is 15.8. The molecule has 3 aliphatic heterocycles. The number of rotatable bonds is 6. The molecule has 0 saturated heterocycles. The van der Waals surface area contributed by atoms with Crippen LogP contribution in [-0.2, 0) is 16.2 Å². The smallest absolute Gasteiger partial charge is 0.0617 e. The zero-order chi connectivity index (χ0) is 102. The summed E-state index contributed by atoms with van der Waals surface area (Å²) in [6, 6.07) is 59.3. The number of nitrogens with zero attached hydrogens (tertiary/aromatic N) is 4. The summed E-state index contributed by atoms with van der Waals surface area (Å²) < 4.78 is 237.